The van der Waals surface area contributed by atoms with Crippen molar-refractivity contribution in [3.63, 3.8) is 0 Å². The molecule has 0 spiro atoms. The summed E-state index contributed by atoms with van der Waals surface area (Å²) in [4.78, 5) is 13.1. The van der Waals surface area contributed by atoms with Gasteiger partial charge in [-0.05, 0) is 22.6 Å². The molecule has 3 heteroatoms. The molecule has 27 heavy (non-hydrogen) atoms. The molecule has 2 aromatic heterocycles. The number of thiophene rings is 1. The average Bonchev–Trinajstić information content (AvgIpc) is 3.05. The topological polar surface area (TPSA) is 25.8 Å². The molecule has 2 nitrogen and oxygen atoms in total. The minimum absolute atomic E-state index is 0.0609. The lowest BCUT2D eigenvalue weighted by Crippen LogP contribution is -2.09. The Bertz CT molecular complexity index is 1340. The number of rotatable bonds is 1. The maximum atomic E-state index is 5.24. The van der Waals surface area contributed by atoms with Crippen LogP contribution in [0.25, 0.3) is 43.6 Å². The van der Waals surface area contributed by atoms with Crippen LogP contribution in [0.2, 0.25) is 0 Å². The Kier molecular flexibility index (Phi) is 3.54. The molecule has 134 valence electrons. The van der Waals surface area contributed by atoms with E-state index in [0.29, 0.717) is 0 Å². The number of benzene rings is 3. The van der Waals surface area contributed by atoms with Crippen molar-refractivity contribution in [1.82, 2.24) is 9.97 Å². The van der Waals surface area contributed by atoms with E-state index in [1.54, 1.807) is 0 Å². The second-order valence-electron chi connectivity index (χ2n) is 8.17. The molecule has 0 amide bonds. The highest BCUT2D eigenvalue weighted by atomic mass is 32.1. The zero-order chi connectivity index (χ0) is 18.8. The number of hydrogen-bond donors (Lipinski definition) is 0. The Labute approximate surface area is 162 Å². The van der Waals surface area contributed by atoms with E-state index >= 15 is 0 Å². The Morgan fingerprint density at radius 3 is 1.67 bits per heavy atom. The summed E-state index contributed by atoms with van der Waals surface area (Å²) in [5, 5.41) is 4.87. The van der Waals surface area contributed by atoms with Crippen LogP contribution < -0.4 is 0 Å². The summed E-state index contributed by atoms with van der Waals surface area (Å²) in [6.45, 7) is 9.01. The molecule has 2 heterocycles. The van der Waals surface area contributed by atoms with Crippen LogP contribution >= 0.6 is 11.3 Å². The molecule has 3 aromatic carbocycles. The van der Waals surface area contributed by atoms with Gasteiger partial charge in [0.05, 0.1) is 11.0 Å². The van der Waals surface area contributed by atoms with Crippen molar-refractivity contribution in [2.24, 2.45) is 0 Å². The van der Waals surface area contributed by atoms with Crippen molar-refractivity contribution in [2.75, 3.05) is 0 Å². The summed E-state index contributed by atoms with van der Waals surface area (Å²) >= 11 is 1.88. The van der Waals surface area contributed by atoms with Gasteiger partial charge < -0.3 is 0 Å². The molecule has 0 saturated heterocycles. The van der Waals surface area contributed by atoms with Gasteiger partial charge in [-0.1, -0.05) is 76.2 Å². The first-order valence-electron chi connectivity index (χ1n) is 9.52. The molecule has 5 rings (SSSR count). The highest BCUT2D eigenvalue weighted by Crippen LogP contribution is 2.40. The molecule has 0 unspecified atom stereocenters. The number of hydrogen-bond acceptors (Lipinski definition) is 3. The van der Waals surface area contributed by atoms with Gasteiger partial charge in [-0.2, -0.15) is 0 Å². The van der Waals surface area contributed by atoms with Crippen molar-refractivity contribution in [3.05, 3.63) is 58.3 Å². The monoisotopic (exact) mass is 370 g/mol. The Morgan fingerprint density at radius 2 is 1.19 bits per heavy atom. The first-order chi connectivity index (χ1) is 13.0. The van der Waals surface area contributed by atoms with E-state index < -0.39 is 0 Å². The summed E-state index contributed by atoms with van der Waals surface area (Å²) in [5.74, 6) is 0. The van der Waals surface area contributed by atoms with Gasteiger partial charge >= 0.3 is 0 Å². The van der Waals surface area contributed by atoms with Crippen molar-refractivity contribution in [3.8, 4) is 0 Å². The summed E-state index contributed by atoms with van der Waals surface area (Å²) < 4.78 is 0. The van der Waals surface area contributed by atoms with Gasteiger partial charge in [0, 0.05) is 20.5 Å². The number of fused-ring (bicyclic) bond motifs is 7. The maximum Gasteiger partial charge on any atom is 0.104 e. The van der Waals surface area contributed by atoms with Crippen LogP contribution in [0.1, 0.15) is 37.4 Å². The van der Waals surface area contributed by atoms with E-state index in [9.17, 15) is 0 Å². The third-order valence-corrected chi connectivity index (χ3v) is 7.00. The molecule has 0 atom stereocenters. The van der Waals surface area contributed by atoms with Crippen LogP contribution in [0, 0.1) is 0 Å². The molecular formula is C24H22N2S. The predicted octanol–water partition coefficient (Wildman–Crippen LogP) is 7.01. The van der Waals surface area contributed by atoms with E-state index in [4.69, 9.17) is 9.97 Å². The van der Waals surface area contributed by atoms with Crippen molar-refractivity contribution in [2.45, 2.75) is 39.5 Å². The third kappa shape index (κ3) is 2.38. The quantitative estimate of drug-likeness (QED) is 0.297. The lowest BCUT2D eigenvalue weighted by atomic mass is 9.93. The molecule has 0 bridgehead atoms. The maximum absolute atomic E-state index is 5.24. The summed E-state index contributed by atoms with van der Waals surface area (Å²) in [7, 11) is 0. The lowest BCUT2D eigenvalue weighted by Gasteiger charge is -2.16. The largest absolute Gasteiger partial charge is 0.243 e. The predicted molar refractivity (Wildman–Crippen MR) is 118 cm³/mol. The van der Waals surface area contributed by atoms with Gasteiger partial charge in [0.15, 0.2) is 0 Å². The average molecular weight is 371 g/mol. The number of aryl methyl sites for hydroxylation is 1. The SMILES string of the molecule is CCc1sc(C(C)(C)C)c2nc3c4ccccc4c4ccccc4c3nc12. The molecule has 0 aliphatic rings. The van der Waals surface area contributed by atoms with E-state index in [-0.39, 0.29) is 5.41 Å². The number of nitrogens with zero attached hydrogens (tertiary/aromatic N) is 2. The zero-order valence-corrected chi connectivity index (χ0v) is 16.9. The van der Waals surface area contributed by atoms with Crippen LogP contribution in [0.3, 0.4) is 0 Å². The fourth-order valence-electron chi connectivity index (χ4n) is 3.98. The lowest BCUT2D eigenvalue weighted by molar-refractivity contribution is 0.607. The highest BCUT2D eigenvalue weighted by Gasteiger charge is 2.24. The molecule has 5 aromatic rings. The Balaban J connectivity index is 2.07. The number of aromatic nitrogens is 2. The van der Waals surface area contributed by atoms with Gasteiger partial charge in [-0.3, -0.25) is 0 Å². The minimum atomic E-state index is 0.0609. The van der Waals surface area contributed by atoms with E-state index in [1.165, 1.54) is 31.3 Å². The summed E-state index contributed by atoms with van der Waals surface area (Å²) in [6, 6.07) is 17.1. The molecular weight excluding hydrogens is 348 g/mol. The highest BCUT2D eigenvalue weighted by molar-refractivity contribution is 7.13. The van der Waals surface area contributed by atoms with Crippen molar-refractivity contribution < 1.29 is 0 Å². The second-order valence-corrected chi connectivity index (χ2v) is 9.27. The van der Waals surface area contributed by atoms with Crippen LogP contribution in [0.5, 0.6) is 0 Å². The van der Waals surface area contributed by atoms with Gasteiger partial charge in [0.25, 0.3) is 0 Å². The molecule has 0 fully saturated rings. The fraction of sp³-hybridized carbons (Fsp3) is 0.250. The Hall–Kier alpha value is -2.52. The molecule has 0 radical (unpaired) electrons. The smallest absolute Gasteiger partial charge is 0.104 e. The van der Waals surface area contributed by atoms with E-state index in [2.05, 4.69) is 76.2 Å². The second kappa shape index (κ2) is 5.74. The Morgan fingerprint density at radius 1 is 0.704 bits per heavy atom. The fourth-order valence-corrected chi connectivity index (χ4v) is 5.16. The first-order valence-corrected chi connectivity index (χ1v) is 10.3. The van der Waals surface area contributed by atoms with E-state index in [1.807, 2.05) is 11.3 Å². The van der Waals surface area contributed by atoms with Gasteiger partial charge in [-0.25, -0.2) is 9.97 Å². The third-order valence-electron chi connectivity index (χ3n) is 5.26. The van der Waals surface area contributed by atoms with Crippen molar-refractivity contribution in [1.29, 1.82) is 0 Å². The van der Waals surface area contributed by atoms with Gasteiger partial charge in [0.1, 0.15) is 11.0 Å². The summed E-state index contributed by atoms with van der Waals surface area (Å²) in [6.07, 6.45) is 0.989. The minimum Gasteiger partial charge on any atom is -0.243 e. The standard InChI is InChI=1S/C24H22N2S/c1-5-18-21-22(23(27-18)24(2,3)4)26-20-17-13-9-7-11-15(17)14-10-6-8-12-16(14)19(20)25-21/h6-13H,5H2,1-4H3. The summed E-state index contributed by atoms with van der Waals surface area (Å²) in [5.41, 5.74) is 4.26. The molecule has 0 N–H and O–H groups in total. The molecule has 0 saturated carbocycles. The normalized spacial score (nSPS) is 12.6. The molecule has 0 aliphatic heterocycles. The molecule has 0 aliphatic carbocycles. The zero-order valence-electron chi connectivity index (χ0n) is 16.1. The van der Waals surface area contributed by atoms with Crippen LogP contribution in [0.15, 0.2) is 48.5 Å². The van der Waals surface area contributed by atoms with Crippen LogP contribution in [-0.2, 0) is 11.8 Å². The van der Waals surface area contributed by atoms with Gasteiger partial charge in [-0.15, -0.1) is 11.3 Å². The first kappa shape index (κ1) is 16.6. The van der Waals surface area contributed by atoms with Gasteiger partial charge in [0.2, 0.25) is 0 Å². The van der Waals surface area contributed by atoms with Crippen LogP contribution in [0.4, 0.5) is 0 Å². The van der Waals surface area contributed by atoms with E-state index in [0.717, 1.165) is 28.5 Å². The van der Waals surface area contributed by atoms with Crippen molar-refractivity contribution >= 4 is 54.9 Å². The van der Waals surface area contributed by atoms with Crippen LogP contribution in [-0.4, -0.2) is 9.97 Å².